The molecule has 27 heavy (non-hydrogen) atoms. The zero-order chi connectivity index (χ0) is 19.2. The molecule has 154 valence electrons. The predicted molar refractivity (Wildman–Crippen MR) is 110 cm³/mol. The second-order valence-electron chi connectivity index (χ2n) is 6.42. The molecular weight excluding hydrogens is 475 g/mol. The lowest BCUT2D eigenvalue weighted by molar-refractivity contribution is -0.138. The van der Waals surface area contributed by atoms with Crippen molar-refractivity contribution < 1.29 is 17.6 Å². The van der Waals surface area contributed by atoms with Gasteiger partial charge >= 0.3 is 6.18 Å². The fourth-order valence-corrected chi connectivity index (χ4v) is 3.06. The maximum absolute atomic E-state index is 13.2. The smallest absolute Gasteiger partial charge is 0.357 e. The summed E-state index contributed by atoms with van der Waals surface area (Å²) in [7, 11) is 0. The molecule has 1 aliphatic heterocycles. The second-order valence-corrected chi connectivity index (χ2v) is 6.42. The molecule has 4 nitrogen and oxygen atoms in total. The number of rotatable bonds is 6. The van der Waals surface area contributed by atoms with Crippen molar-refractivity contribution >= 4 is 29.9 Å². The highest BCUT2D eigenvalue weighted by atomic mass is 127. The van der Waals surface area contributed by atoms with Crippen molar-refractivity contribution in [3.63, 3.8) is 0 Å². The van der Waals surface area contributed by atoms with E-state index in [4.69, 9.17) is 0 Å². The lowest BCUT2D eigenvalue weighted by Gasteiger charge is -2.17. The molecule has 0 aliphatic carbocycles. The van der Waals surface area contributed by atoms with Gasteiger partial charge in [-0.1, -0.05) is 13.0 Å². The molecule has 9 heteroatoms. The summed E-state index contributed by atoms with van der Waals surface area (Å²) in [6, 6.07) is 2.68. The Bertz CT molecular complexity index is 622. The SMILES string of the molecule is CCNC(=NCc1ccc(F)cc1C(F)(F)F)NCC1CCN(CC)C1.I. The van der Waals surface area contributed by atoms with Gasteiger partial charge in [0.1, 0.15) is 5.82 Å². The molecule has 0 spiro atoms. The third-order valence-corrected chi connectivity index (χ3v) is 4.50. The number of halogens is 5. The summed E-state index contributed by atoms with van der Waals surface area (Å²) in [4.78, 5) is 6.61. The number of hydrogen-bond acceptors (Lipinski definition) is 2. The number of benzene rings is 1. The van der Waals surface area contributed by atoms with Gasteiger partial charge in [-0.3, -0.25) is 0 Å². The summed E-state index contributed by atoms with van der Waals surface area (Å²) in [6.45, 7) is 8.28. The normalized spacial score (nSPS) is 18.3. The Labute approximate surface area is 174 Å². The molecule has 1 aromatic rings. The van der Waals surface area contributed by atoms with E-state index >= 15 is 0 Å². The van der Waals surface area contributed by atoms with Gasteiger partial charge < -0.3 is 15.5 Å². The number of likely N-dealkylation sites (tertiary alicyclic amines) is 1. The van der Waals surface area contributed by atoms with Crippen LogP contribution in [0.5, 0.6) is 0 Å². The van der Waals surface area contributed by atoms with Crippen LogP contribution in [0.1, 0.15) is 31.4 Å². The molecule has 1 atom stereocenters. The molecule has 1 unspecified atom stereocenters. The summed E-state index contributed by atoms with van der Waals surface area (Å²) in [6.07, 6.45) is -3.51. The first-order valence-corrected chi connectivity index (χ1v) is 8.93. The summed E-state index contributed by atoms with van der Waals surface area (Å²) in [5.74, 6) is 0.0621. The standard InChI is InChI=1S/C18H26F4N4.HI/c1-3-23-17(24-10-13-7-8-26(4-2)12-13)25-11-14-5-6-15(19)9-16(14)18(20,21)22;/h5-6,9,13H,3-4,7-8,10-12H2,1-2H3,(H2,23,24,25);1H. The molecular formula is C18H27F4IN4. The molecule has 2 N–H and O–H groups in total. The van der Waals surface area contributed by atoms with E-state index in [2.05, 4.69) is 27.4 Å². The molecule has 2 rings (SSSR count). The largest absolute Gasteiger partial charge is 0.416 e. The van der Waals surface area contributed by atoms with Gasteiger partial charge in [-0.2, -0.15) is 13.2 Å². The van der Waals surface area contributed by atoms with Gasteiger partial charge in [0.05, 0.1) is 12.1 Å². The van der Waals surface area contributed by atoms with Gasteiger partial charge in [-0.05, 0) is 50.0 Å². The monoisotopic (exact) mass is 502 g/mol. The van der Waals surface area contributed by atoms with Crippen LogP contribution in [0.2, 0.25) is 0 Å². The Balaban J connectivity index is 0.00000364. The van der Waals surface area contributed by atoms with Gasteiger partial charge in [0.25, 0.3) is 0 Å². The summed E-state index contributed by atoms with van der Waals surface area (Å²) < 4.78 is 52.4. The third kappa shape index (κ3) is 7.44. The van der Waals surface area contributed by atoms with E-state index in [0.29, 0.717) is 24.5 Å². The maximum Gasteiger partial charge on any atom is 0.416 e. The minimum Gasteiger partial charge on any atom is -0.357 e. The van der Waals surface area contributed by atoms with Crippen molar-refractivity contribution in [2.24, 2.45) is 10.9 Å². The number of nitrogens with one attached hydrogen (secondary N) is 2. The van der Waals surface area contributed by atoms with E-state index in [1.54, 1.807) is 0 Å². The van der Waals surface area contributed by atoms with E-state index in [1.165, 1.54) is 0 Å². The molecule has 0 radical (unpaired) electrons. The number of nitrogens with zero attached hydrogens (tertiary/aromatic N) is 2. The maximum atomic E-state index is 13.2. The summed E-state index contributed by atoms with van der Waals surface area (Å²) in [5, 5.41) is 6.25. The van der Waals surface area contributed by atoms with Crippen LogP contribution >= 0.6 is 24.0 Å². The Hall–Kier alpha value is -1.10. The van der Waals surface area contributed by atoms with Crippen molar-refractivity contribution in [1.82, 2.24) is 15.5 Å². The number of aliphatic imine (C=N–C) groups is 1. The average molecular weight is 502 g/mol. The van der Waals surface area contributed by atoms with Gasteiger partial charge in [0, 0.05) is 19.6 Å². The van der Waals surface area contributed by atoms with Gasteiger partial charge in [-0.25, -0.2) is 9.38 Å². The molecule has 1 fully saturated rings. The molecule has 0 aromatic heterocycles. The first-order valence-electron chi connectivity index (χ1n) is 8.93. The van der Waals surface area contributed by atoms with Crippen LogP contribution in [0.3, 0.4) is 0 Å². The van der Waals surface area contributed by atoms with E-state index in [1.807, 2.05) is 6.92 Å². The minimum absolute atomic E-state index is 0. The zero-order valence-electron chi connectivity index (χ0n) is 15.6. The minimum atomic E-state index is -4.60. The van der Waals surface area contributed by atoms with Crippen molar-refractivity contribution in [2.45, 2.75) is 33.0 Å². The predicted octanol–water partition coefficient (Wildman–Crippen LogP) is 3.86. The molecule has 0 saturated carbocycles. The quantitative estimate of drug-likeness (QED) is 0.269. The molecule has 1 aromatic carbocycles. The number of guanidine groups is 1. The first-order chi connectivity index (χ1) is 12.3. The Morgan fingerprint density at radius 1 is 1.26 bits per heavy atom. The van der Waals surface area contributed by atoms with Crippen molar-refractivity contribution in [3.8, 4) is 0 Å². The van der Waals surface area contributed by atoms with Crippen LogP contribution in [0, 0.1) is 11.7 Å². The van der Waals surface area contributed by atoms with Crippen LogP contribution < -0.4 is 10.6 Å². The molecule has 1 heterocycles. The van der Waals surface area contributed by atoms with Crippen molar-refractivity contribution in [1.29, 1.82) is 0 Å². The van der Waals surface area contributed by atoms with E-state index in [0.717, 1.165) is 44.7 Å². The molecule has 0 amide bonds. The van der Waals surface area contributed by atoms with Crippen LogP contribution in [0.15, 0.2) is 23.2 Å². The summed E-state index contributed by atoms with van der Waals surface area (Å²) >= 11 is 0. The lowest BCUT2D eigenvalue weighted by atomic mass is 10.1. The fourth-order valence-electron chi connectivity index (χ4n) is 3.06. The highest BCUT2D eigenvalue weighted by Crippen LogP contribution is 2.32. The van der Waals surface area contributed by atoms with E-state index in [-0.39, 0.29) is 36.1 Å². The topological polar surface area (TPSA) is 39.7 Å². The highest BCUT2D eigenvalue weighted by Gasteiger charge is 2.33. The van der Waals surface area contributed by atoms with Crippen LogP contribution in [-0.2, 0) is 12.7 Å². The van der Waals surface area contributed by atoms with Gasteiger partial charge in [-0.15, -0.1) is 24.0 Å². The van der Waals surface area contributed by atoms with Gasteiger partial charge in [0.15, 0.2) is 5.96 Å². The lowest BCUT2D eigenvalue weighted by Crippen LogP contribution is -2.40. The second kappa shape index (κ2) is 11.0. The van der Waals surface area contributed by atoms with Crippen LogP contribution in [-0.4, -0.2) is 43.6 Å². The number of hydrogen-bond donors (Lipinski definition) is 2. The van der Waals surface area contributed by atoms with Gasteiger partial charge in [0.2, 0.25) is 0 Å². The molecule has 0 bridgehead atoms. The van der Waals surface area contributed by atoms with E-state index in [9.17, 15) is 17.6 Å². The zero-order valence-corrected chi connectivity index (χ0v) is 17.9. The van der Waals surface area contributed by atoms with Crippen molar-refractivity contribution in [2.75, 3.05) is 32.7 Å². The summed E-state index contributed by atoms with van der Waals surface area (Å²) in [5.41, 5.74) is -1.03. The first kappa shape index (κ1) is 23.9. The molecule has 1 saturated heterocycles. The van der Waals surface area contributed by atoms with Crippen molar-refractivity contribution in [3.05, 3.63) is 35.1 Å². The number of alkyl halides is 3. The highest BCUT2D eigenvalue weighted by molar-refractivity contribution is 14.0. The van der Waals surface area contributed by atoms with E-state index < -0.39 is 17.6 Å². The average Bonchev–Trinajstić information content (AvgIpc) is 3.05. The Kier molecular flexibility index (Phi) is 9.78. The molecule has 1 aliphatic rings. The third-order valence-electron chi connectivity index (χ3n) is 4.50. The fraction of sp³-hybridized carbons (Fsp3) is 0.611. The Morgan fingerprint density at radius 3 is 2.59 bits per heavy atom. The Morgan fingerprint density at radius 2 is 2.00 bits per heavy atom. The van der Waals surface area contributed by atoms with Crippen LogP contribution in [0.4, 0.5) is 17.6 Å². The van der Waals surface area contributed by atoms with Crippen LogP contribution in [0.25, 0.3) is 0 Å².